The van der Waals surface area contributed by atoms with Crippen molar-refractivity contribution in [2.45, 2.75) is 51.1 Å². The van der Waals surface area contributed by atoms with E-state index in [9.17, 15) is 14.4 Å². The minimum Gasteiger partial charge on any atom is -0.348 e. The zero-order valence-electron chi connectivity index (χ0n) is 17.4. The summed E-state index contributed by atoms with van der Waals surface area (Å²) in [5.74, 6) is -0.781. The normalized spacial score (nSPS) is 21.7. The Balaban J connectivity index is 1.42. The van der Waals surface area contributed by atoms with Gasteiger partial charge in [0.05, 0.1) is 6.04 Å². The van der Waals surface area contributed by atoms with Crippen molar-refractivity contribution in [1.29, 1.82) is 0 Å². The Bertz CT molecular complexity index is 988. The fourth-order valence-corrected chi connectivity index (χ4v) is 4.34. The number of hydrogen-bond acceptors (Lipinski definition) is 3. The van der Waals surface area contributed by atoms with Crippen LogP contribution >= 0.6 is 0 Å². The Hall–Kier alpha value is -3.15. The number of carbonyl (C=O) groups is 3. The van der Waals surface area contributed by atoms with E-state index < -0.39 is 17.5 Å². The second kappa shape index (κ2) is 7.94. The summed E-state index contributed by atoms with van der Waals surface area (Å²) in [7, 11) is 0. The number of carbonyl (C=O) groups excluding carboxylic acids is 3. The van der Waals surface area contributed by atoms with Crippen molar-refractivity contribution in [2.75, 3.05) is 6.54 Å². The average Bonchev–Trinajstić information content (AvgIpc) is 2.98. The standard InChI is InChI=1S/C24H27N3O3/c1-16(18-13-12-17-8-6-7-9-19(17)14-18)25-21(28)15-27-22(29)24(2,26-23(27)30)20-10-4-3-5-11-20/h3-5,10-14,16H,6-9,15H2,1-2H3,(H,25,28)(H,26,30). The monoisotopic (exact) mass is 405 g/mol. The van der Waals surface area contributed by atoms with E-state index in [1.807, 2.05) is 25.1 Å². The van der Waals surface area contributed by atoms with E-state index in [1.54, 1.807) is 19.1 Å². The molecule has 30 heavy (non-hydrogen) atoms. The smallest absolute Gasteiger partial charge is 0.325 e. The zero-order chi connectivity index (χ0) is 21.3. The maximum absolute atomic E-state index is 13.0. The molecule has 2 N–H and O–H groups in total. The van der Waals surface area contributed by atoms with Crippen molar-refractivity contribution in [2.24, 2.45) is 0 Å². The van der Waals surface area contributed by atoms with Gasteiger partial charge in [-0.2, -0.15) is 0 Å². The number of imide groups is 1. The molecule has 6 nitrogen and oxygen atoms in total. The first kappa shape index (κ1) is 20.1. The first-order chi connectivity index (χ1) is 14.4. The highest BCUT2D eigenvalue weighted by atomic mass is 16.2. The summed E-state index contributed by atoms with van der Waals surface area (Å²) < 4.78 is 0. The van der Waals surface area contributed by atoms with Gasteiger partial charge in [-0.25, -0.2) is 4.79 Å². The van der Waals surface area contributed by atoms with Crippen LogP contribution in [0.15, 0.2) is 48.5 Å². The van der Waals surface area contributed by atoms with Gasteiger partial charge in [0.25, 0.3) is 5.91 Å². The fourth-order valence-electron chi connectivity index (χ4n) is 4.34. The van der Waals surface area contributed by atoms with E-state index >= 15 is 0 Å². The molecule has 2 aromatic carbocycles. The molecule has 1 fully saturated rings. The first-order valence-corrected chi connectivity index (χ1v) is 10.5. The molecule has 0 bridgehead atoms. The Morgan fingerprint density at radius 1 is 1.10 bits per heavy atom. The lowest BCUT2D eigenvalue weighted by Crippen LogP contribution is -2.43. The van der Waals surface area contributed by atoms with Crippen LogP contribution < -0.4 is 10.6 Å². The van der Waals surface area contributed by atoms with Gasteiger partial charge in [-0.15, -0.1) is 0 Å². The van der Waals surface area contributed by atoms with E-state index in [2.05, 4.69) is 28.8 Å². The van der Waals surface area contributed by atoms with Gasteiger partial charge in [-0.05, 0) is 61.8 Å². The molecule has 2 aromatic rings. The number of fused-ring (bicyclic) bond motifs is 1. The van der Waals surface area contributed by atoms with Gasteiger partial charge in [0.15, 0.2) is 0 Å². The van der Waals surface area contributed by atoms with E-state index in [-0.39, 0.29) is 18.5 Å². The molecule has 4 amide bonds. The lowest BCUT2D eigenvalue weighted by Gasteiger charge is -2.23. The fraction of sp³-hybridized carbons (Fsp3) is 0.375. The van der Waals surface area contributed by atoms with Gasteiger partial charge in [-0.3, -0.25) is 14.5 Å². The van der Waals surface area contributed by atoms with Crippen LogP contribution in [0.1, 0.15) is 55.0 Å². The van der Waals surface area contributed by atoms with Crippen LogP contribution in [-0.4, -0.2) is 29.3 Å². The predicted octanol–water partition coefficient (Wildman–Crippen LogP) is 3.21. The molecule has 1 aliphatic carbocycles. The Morgan fingerprint density at radius 3 is 2.53 bits per heavy atom. The number of nitrogens with one attached hydrogen (secondary N) is 2. The highest BCUT2D eigenvalue weighted by Crippen LogP contribution is 2.29. The molecule has 2 aliphatic rings. The highest BCUT2D eigenvalue weighted by Gasteiger charge is 2.49. The second-order valence-electron chi connectivity index (χ2n) is 8.34. The van der Waals surface area contributed by atoms with E-state index in [4.69, 9.17) is 0 Å². The largest absolute Gasteiger partial charge is 0.348 e. The SMILES string of the molecule is CC(NC(=O)CN1C(=O)NC(C)(c2ccccc2)C1=O)c1ccc2c(c1)CCCC2. The molecule has 1 aliphatic heterocycles. The quantitative estimate of drug-likeness (QED) is 0.750. The van der Waals surface area contributed by atoms with Gasteiger partial charge in [0, 0.05) is 0 Å². The minimum absolute atomic E-state index is 0.203. The number of hydrogen-bond donors (Lipinski definition) is 2. The van der Waals surface area contributed by atoms with Crippen LogP contribution in [0.25, 0.3) is 0 Å². The number of amides is 4. The van der Waals surface area contributed by atoms with Gasteiger partial charge >= 0.3 is 6.03 Å². The van der Waals surface area contributed by atoms with Crippen LogP contribution in [0, 0.1) is 0 Å². The Morgan fingerprint density at radius 2 is 1.80 bits per heavy atom. The third-order valence-corrected chi connectivity index (χ3v) is 6.18. The summed E-state index contributed by atoms with van der Waals surface area (Å²) in [6.07, 6.45) is 4.61. The molecule has 1 heterocycles. The molecule has 2 atom stereocenters. The molecule has 1 saturated heterocycles. The van der Waals surface area contributed by atoms with Crippen molar-refractivity contribution in [3.8, 4) is 0 Å². The number of aryl methyl sites for hydroxylation is 2. The third kappa shape index (κ3) is 3.70. The van der Waals surface area contributed by atoms with Gasteiger partial charge in [0.1, 0.15) is 12.1 Å². The summed E-state index contributed by atoms with van der Waals surface area (Å²) in [5.41, 5.74) is 3.31. The van der Waals surface area contributed by atoms with E-state index in [1.165, 1.54) is 24.0 Å². The summed E-state index contributed by atoms with van der Waals surface area (Å²) >= 11 is 0. The molecule has 6 heteroatoms. The molecular weight excluding hydrogens is 378 g/mol. The predicted molar refractivity (Wildman–Crippen MR) is 114 cm³/mol. The molecular formula is C24H27N3O3. The molecule has 0 saturated carbocycles. The number of nitrogens with zero attached hydrogens (tertiary/aromatic N) is 1. The summed E-state index contributed by atoms with van der Waals surface area (Å²) in [4.78, 5) is 39.0. The summed E-state index contributed by atoms with van der Waals surface area (Å²) in [6, 6.07) is 14.7. The summed E-state index contributed by atoms with van der Waals surface area (Å²) in [5, 5.41) is 5.65. The lowest BCUT2D eigenvalue weighted by atomic mass is 9.89. The van der Waals surface area contributed by atoms with Gasteiger partial charge in [-0.1, -0.05) is 48.5 Å². The lowest BCUT2D eigenvalue weighted by molar-refractivity contribution is -0.135. The van der Waals surface area contributed by atoms with Gasteiger partial charge < -0.3 is 10.6 Å². The molecule has 0 spiro atoms. The van der Waals surface area contributed by atoms with Crippen LogP contribution in [0.3, 0.4) is 0 Å². The van der Waals surface area contributed by atoms with Crippen LogP contribution in [-0.2, 0) is 28.0 Å². The molecule has 0 radical (unpaired) electrons. The summed E-state index contributed by atoms with van der Waals surface area (Å²) in [6.45, 7) is 3.28. The Kier molecular flexibility index (Phi) is 5.33. The van der Waals surface area contributed by atoms with Crippen LogP contribution in [0.2, 0.25) is 0 Å². The first-order valence-electron chi connectivity index (χ1n) is 10.5. The van der Waals surface area contributed by atoms with Crippen molar-refractivity contribution in [3.05, 3.63) is 70.8 Å². The highest BCUT2D eigenvalue weighted by molar-refractivity contribution is 6.09. The average molecular weight is 405 g/mol. The van der Waals surface area contributed by atoms with E-state index in [0.29, 0.717) is 5.56 Å². The maximum atomic E-state index is 13.0. The van der Waals surface area contributed by atoms with Gasteiger partial charge in [0.2, 0.25) is 5.91 Å². The van der Waals surface area contributed by atoms with E-state index in [0.717, 1.165) is 23.3 Å². The third-order valence-electron chi connectivity index (χ3n) is 6.18. The van der Waals surface area contributed by atoms with Crippen LogP contribution in [0.5, 0.6) is 0 Å². The number of urea groups is 1. The molecule has 156 valence electrons. The second-order valence-corrected chi connectivity index (χ2v) is 8.34. The van der Waals surface area contributed by atoms with Crippen molar-refractivity contribution in [3.63, 3.8) is 0 Å². The Labute approximate surface area is 176 Å². The van der Waals surface area contributed by atoms with Crippen molar-refractivity contribution >= 4 is 17.8 Å². The molecule has 0 aromatic heterocycles. The maximum Gasteiger partial charge on any atom is 0.325 e. The van der Waals surface area contributed by atoms with Crippen molar-refractivity contribution < 1.29 is 14.4 Å². The zero-order valence-corrected chi connectivity index (χ0v) is 17.4. The number of rotatable bonds is 5. The molecule has 4 rings (SSSR count). The molecule has 2 unspecified atom stereocenters. The topological polar surface area (TPSA) is 78.5 Å². The number of benzene rings is 2. The minimum atomic E-state index is -1.16. The van der Waals surface area contributed by atoms with Crippen molar-refractivity contribution in [1.82, 2.24) is 15.5 Å². The van der Waals surface area contributed by atoms with Crippen LogP contribution in [0.4, 0.5) is 4.79 Å².